The van der Waals surface area contributed by atoms with Crippen molar-refractivity contribution in [2.75, 3.05) is 63.9 Å². The van der Waals surface area contributed by atoms with E-state index in [1.165, 1.54) is 0 Å². The molecule has 3 aliphatic heterocycles. The van der Waals surface area contributed by atoms with Gasteiger partial charge in [-0.1, -0.05) is 24.0 Å². The lowest BCUT2D eigenvalue weighted by Gasteiger charge is -2.34. The molecule has 1 N–H and O–H groups in total. The summed E-state index contributed by atoms with van der Waals surface area (Å²) in [5.41, 5.74) is 1.59. The molecule has 39 heavy (non-hydrogen) atoms. The van der Waals surface area contributed by atoms with Gasteiger partial charge in [-0.15, -0.1) is 11.3 Å². The molecule has 0 aliphatic carbocycles. The van der Waals surface area contributed by atoms with Gasteiger partial charge in [0.15, 0.2) is 17.7 Å². The molecule has 2 aromatic heterocycles. The molecule has 10 nitrogen and oxygen atoms in total. The van der Waals surface area contributed by atoms with E-state index in [0.717, 1.165) is 52.7 Å². The van der Waals surface area contributed by atoms with Crippen molar-refractivity contribution in [3.05, 3.63) is 35.2 Å². The number of carbonyl (C=O) groups excluding carboxylic acids is 2. The highest BCUT2D eigenvalue weighted by molar-refractivity contribution is 7.20. The number of phenolic OH excluding ortho intramolecular Hbond substituents is 1. The lowest BCUT2D eigenvalue weighted by Crippen LogP contribution is -2.51. The van der Waals surface area contributed by atoms with E-state index in [0.29, 0.717) is 51.5 Å². The van der Waals surface area contributed by atoms with Crippen LogP contribution in [0.1, 0.15) is 17.7 Å². The SMILES string of the molecule is O=C1CC[C@H](C(=O)N2CCN(CC#Cc3cc4nc(-c5cccc(O)c5)nc(N5CCOCC5)c4s3)CC2)O1. The molecule has 5 heterocycles. The number of rotatable bonds is 4. The first-order valence-corrected chi connectivity index (χ1v) is 14.0. The minimum absolute atomic E-state index is 0.0841. The van der Waals surface area contributed by atoms with E-state index in [-0.39, 0.29) is 17.6 Å². The van der Waals surface area contributed by atoms with E-state index in [9.17, 15) is 14.7 Å². The average Bonchev–Trinajstić information content (AvgIpc) is 3.59. The normalized spacial score (nSPS) is 20.1. The van der Waals surface area contributed by atoms with Crippen LogP contribution in [-0.2, 0) is 19.1 Å². The number of hydrogen-bond donors (Lipinski definition) is 1. The van der Waals surface area contributed by atoms with Gasteiger partial charge in [-0.2, -0.15) is 0 Å². The van der Waals surface area contributed by atoms with Gasteiger partial charge >= 0.3 is 5.97 Å². The van der Waals surface area contributed by atoms with Crippen LogP contribution in [0, 0.1) is 11.8 Å². The number of thiophene rings is 1. The van der Waals surface area contributed by atoms with Gasteiger partial charge in [0.2, 0.25) is 0 Å². The zero-order valence-corrected chi connectivity index (χ0v) is 22.3. The number of cyclic esters (lactones) is 1. The minimum atomic E-state index is -0.615. The van der Waals surface area contributed by atoms with Crippen LogP contribution in [0.25, 0.3) is 21.6 Å². The number of carbonyl (C=O) groups is 2. The standard InChI is InChI=1S/C28H29N5O5S/c34-20-4-1-3-19(17-20)26-29-22-18-21(39-25(22)27(30-26)32-13-15-37-16-14-32)5-2-8-31-9-11-33(12-10-31)28(36)23-6-7-24(35)38-23/h1,3-4,17-18,23,34H,6-16H2/t23-/m1/s1. The summed E-state index contributed by atoms with van der Waals surface area (Å²) in [4.78, 5) is 40.8. The Morgan fingerprint density at radius 2 is 1.92 bits per heavy atom. The molecule has 3 fully saturated rings. The number of morpholine rings is 1. The fraction of sp³-hybridized carbons (Fsp3) is 0.429. The summed E-state index contributed by atoms with van der Waals surface area (Å²) in [5.74, 6) is 7.83. The topological polar surface area (TPSA) is 108 Å². The van der Waals surface area contributed by atoms with Crippen molar-refractivity contribution < 1.29 is 24.2 Å². The van der Waals surface area contributed by atoms with Crippen LogP contribution in [0.5, 0.6) is 5.75 Å². The van der Waals surface area contributed by atoms with E-state index in [1.54, 1.807) is 34.4 Å². The number of benzene rings is 1. The quantitative estimate of drug-likeness (QED) is 0.388. The molecule has 1 atom stereocenters. The van der Waals surface area contributed by atoms with Crippen molar-refractivity contribution in [1.82, 2.24) is 19.8 Å². The Morgan fingerprint density at radius 1 is 1.10 bits per heavy atom. The third kappa shape index (κ3) is 5.68. The van der Waals surface area contributed by atoms with Crippen LogP contribution in [0.4, 0.5) is 5.82 Å². The number of phenols is 1. The van der Waals surface area contributed by atoms with Gasteiger partial charge in [0.05, 0.1) is 34.9 Å². The monoisotopic (exact) mass is 547 g/mol. The zero-order chi connectivity index (χ0) is 26.8. The molecule has 0 saturated carbocycles. The maximum Gasteiger partial charge on any atom is 0.306 e. The van der Waals surface area contributed by atoms with Crippen LogP contribution >= 0.6 is 11.3 Å². The molecule has 3 aliphatic rings. The second-order valence-electron chi connectivity index (χ2n) is 9.77. The van der Waals surface area contributed by atoms with Crippen molar-refractivity contribution in [1.29, 1.82) is 0 Å². The Morgan fingerprint density at radius 3 is 2.67 bits per heavy atom. The Bertz CT molecular complexity index is 1450. The molecule has 0 radical (unpaired) electrons. The highest BCUT2D eigenvalue weighted by atomic mass is 32.1. The maximum atomic E-state index is 12.6. The van der Waals surface area contributed by atoms with Crippen LogP contribution in [0.3, 0.4) is 0 Å². The van der Waals surface area contributed by atoms with E-state index < -0.39 is 6.10 Å². The molecule has 1 amide bonds. The van der Waals surface area contributed by atoms with Crippen molar-refractivity contribution in [3.8, 4) is 29.0 Å². The second kappa shape index (κ2) is 11.2. The molecule has 1 aromatic carbocycles. The number of hydrogen-bond acceptors (Lipinski definition) is 10. The van der Waals surface area contributed by atoms with Gasteiger partial charge in [0.1, 0.15) is 5.75 Å². The number of anilines is 1. The Balaban J connectivity index is 1.16. The van der Waals surface area contributed by atoms with Gasteiger partial charge in [-0.05, 0) is 18.2 Å². The van der Waals surface area contributed by atoms with Gasteiger partial charge in [0, 0.05) is 57.7 Å². The summed E-state index contributed by atoms with van der Waals surface area (Å²) in [6.07, 6.45) is 0.182. The van der Waals surface area contributed by atoms with E-state index >= 15 is 0 Å². The minimum Gasteiger partial charge on any atom is -0.508 e. The summed E-state index contributed by atoms with van der Waals surface area (Å²) in [7, 11) is 0. The van der Waals surface area contributed by atoms with Crippen LogP contribution < -0.4 is 4.90 Å². The largest absolute Gasteiger partial charge is 0.508 e. The predicted molar refractivity (Wildman–Crippen MR) is 147 cm³/mol. The van der Waals surface area contributed by atoms with E-state index in [2.05, 4.69) is 21.6 Å². The Kier molecular flexibility index (Phi) is 7.32. The maximum absolute atomic E-state index is 12.6. The molecule has 11 heteroatoms. The van der Waals surface area contributed by atoms with E-state index in [4.69, 9.17) is 19.4 Å². The number of aromatic hydroxyl groups is 1. The fourth-order valence-corrected chi connectivity index (χ4v) is 6.00. The molecule has 3 aromatic rings. The number of amides is 1. The number of esters is 1. The Hall–Kier alpha value is -3.72. The zero-order valence-electron chi connectivity index (χ0n) is 21.5. The lowest BCUT2D eigenvalue weighted by atomic mass is 10.2. The van der Waals surface area contributed by atoms with Crippen molar-refractivity contribution in [2.45, 2.75) is 18.9 Å². The first-order chi connectivity index (χ1) is 19.0. The second-order valence-corrected chi connectivity index (χ2v) is 10.8. The summed E-state index contributed by atoms with van der Waals surface area (Å²) >= 11 is 1.59. The first-order valence-electron chi connectivity index (χ1n) is 13.2. The molecule has 0 unspecified atom stereocenters. The summed E-state index contributed by atoms with van der Waals surface area (Å²) < 4.78 is 11.7. The molecule has 3 saturated heterocycles. The number of aromatic nitrogens is 2. The smallest absolute Gasteiger partial charge is 0.306 e. The third-order valence-electron chi connectivity index (χ3n) is 7.13. The highest BCUT2D eigenvalue weighted by Crippen LogP contribution is 2.34. The number of ether oxygens (including phenoxy) is 2. The molecule has 6 rings (SSSR count). The lowest BCUT2D eigenvalue weighted by molar-refractivity contribution is -0.153. The summed E-state index contributed by atoms with van der Waals surface area (Å²) in [6, 6.07) is 8.99. The fourth-order valence-electron chi connectivity index (χ4n) is 5.01. The summed E-state index contributed by atoms with van der Waals surface area (Å²) in [6.45, 7) is 6.07. The van der Waals surface area contributed by atoms with Crippen LogP contribution in [0.15, 0.2) is 30.3 Å². The van der Waals surface area contributed by atoms with Crippen molar-refractivity contribution in [3.63, 3.8) is 0 Å². The third-order valence-corrected chi connectivity index (χ3v) is 8.16. The van der Waals surface area contributed by atoms with E-state index in [1.807, 2.05) is 12.1 Å². The number of nitrogens with zero attached hydrogens (tertiary/aromatic N) is 5. The van der Waals surface area contributed by atoms with Gasteiger partial charge in [-0.3, -0.25) is 14.5 Å². The average molecular weight is 548 g/mol. The molecule has 202 valence electrons. The predicted octanol–water partition coefficient (Wildman–Crippen LogP) is 2.10. The molecular formula is C28H29N5O5S. The molecule has 0 spiro atoms. The van der Waals surface area contributed by atoms with Crippen LogP contribution in [0.2, 0.25) is 0 Å². The Labute approximate surface area is 230 Å². The number of piperazine rings is 1. The summed E-state index contributed by atoms with van der Waals surface area (Å²) in [5, 5.41) is 9.98. The van der Waals surface area contributed by atoms with Crippen molar-refractivity contribution in [2.24, 2.45) is 0 Å². The van der Waals surface area contributed by atoms with Gasteiger partial charge in [-0.25, -0.2) is 9.97 Å². The first kappa shape index (κ1) is 25.6. The van der Waals surface area contributed by atoms with Crippen LogP contribution in [-0.4, -0.2) is 102 Å². The number of fused-ring (bicyclic) bond motifs is 1. The molecular weight excluding hydrogens is 518 g/mol. The van der Waals surface area contributed by atoms with Gasteiger partial charge in [0.25, 0.3) is 5.91 Å². The highest BCUT2D eigenvalue weighted by Gasteiger charge is 2.34. The van der Waals surface area contributed by atoms with Gasteiger partial charge < -0.3 is 24.4 Å². The molecule has 0 bridgehead atoms. The van der Waals surface area contributed by atoms with Crippen molar-refractivity contribution >= 4 is 39.2 Å².